The fraction of sp³-hybridized carbons (Fsp3) is 0.429. The maximum absolute atomic E-state index is 13.1. The lowest BCUT2D eigenvalue weighted by Gasteiger charge is -2.25. The van der Waals surface area contributed by atoms with Crippen molar-refractivity contribution in [3.63, 3.8) is 0 Å². The average Bonchev–Trinajstić information content (AvgIpc) is 3.35. The highest BCUT2D eigenvalue weighted by Gasteiger charge is 2.23. The Morgan fingerprint density at radius 1 is 1.18 bits per heavy atom. The summed E-state index contributed by atoms with van der Waals surface area (Å²) in [6.45, 7) is 6.74. The second-order valence-corrected chi connectivity index (χ2v) is 10.3. The molecule has 0 spiro atoms. The third-order valence-corrected chi connectivity index (χ3v) is 6.66. The highest BCUT2D eigenvalue weighted by atomic mass is 35.5. The fourth-order valence-electron chi connectivity index (χ4n) is 4.51. The first-order valence-corrected chi connectivity index (χ1v) is 13.4. The van der Waals surface area contributed by atoms with E-state index in [2.05, 4.69) is 20.6 Å². The van der Waals surface area contributed by atoms with Gasteiger partial charge in [0.1, 0.15) is 17.6 Å². The number of imidazole rings is 1. The Labute approximate surface area is 228 Å². The van der Waals surface area contributed by atoms with Gasteiger partial charge in [-0.1, -0.05) is 37.6 Å². The summed E-state index contributed by atoms with van der Waals surface area (Å²) >= 11 is 6.35. The van der Waals surface area contributed by atoms with E-state index < -0.39 is 6.04 Å². The van der Waals surface area contributed by atoms with Gasteiger partial charge in [-0.25, -0.2) is 4.98 Å². The number of hydrogen-bond donors (Lipinski definition) is 2. The van der Waals surface area contributed by atoms with E-state index in [1.54, 1.807) is 18.6 Å². The number of carbonyl (C=O) groups excluding carboxylic acids is 2. The first-order chi connectivity index (χ1) is 18.4. The minimum Gasteiger partial charge on any atom is -0.494 e. The van der Waals surface area contributed by atoms with Crippen molar-refractivity contribution >= 4 is 23.4 Å². The SMILES string of the molecule is CC(C)C[C@H]1NC(=O)CN(Cc2ccncc2Cl)CCCOc2cccc(c2)-c2nccn2CCNC1=O. The van der Waals surface area contributed by atoms with Crippen molar-refractivity contribution in [3.05, 3.63) is 65.7 Å². The van der Waals surface area contributed by atoms with E-state index in [4.69, 9.17) is 16.3 Å². The van der Waals surface area contributed by atoms with Crippen LogP contribution in [0.5, 0.6) is 5.75 Å². The molecule has 0 radical (unpaired) electrons. The lowest BCUT2D eigenvalue weighted by atomic mass is 10.0. The summed E-state index contributed by atoms with van der Waals surface area (Å²) in [5.41, 5.74) is 1.83. The van der Waals surface area contributed by atoms with Crippen molar-refractivity contribution in [2.75, 3.05) is 26.2 Å². The van der Waals surface area contributed by atoms with Crippen LogP contribution in [-0.4, -0.2) is 63.5 Å². The summed E-state index contributed by atoms with van der Waals surface area (Å²) in [4.78, 5) is 36.8. The van der Waals surface area contributed by atoms with Crippen LogP contribution in [0.15, 0.2) is 55.1 Å². The number of nitrogens with one attached hydrogen (secondary N) is 2. The number of nitrogens with zero attached hydrogens (tertiary/aromatic N) is 4. The zero-order chi connectivity index (χ0) is 26.9. The summed E-state index contributed by atoms with van der Waals surface area (Å²) < 4.78 is 8.05. The first-order valence-electron chi connectivity index (χ1n) is 13.0. The minimum atomic E-state index is -0.616. The molecule has 3 aromatic rings. The third kappa shape index (κ3) is 7.79. The monoisotopic (exact) mass is 538 g/mol. The van der Waals surface area contributed by atoms with Crippen LogP contribution < -0.4 is 15.4 Å². The van der Waals surface area contributed by atoms with Crippen LogP contribution in [0.1, 0.15) is 32.3 Å². The molecule has 0 aliphatic carbocycles. The molecular formula is C28H35ClN6O3. The van der Waals surface area contributed by atoms with Crippen LogP contribution in [0.4, 0.5) is 0 Å². The molecule has 38 heavy (non-hydrogen) atoms. The average molecular weight is 539 g/mol. The summed E-state index contributed by atoms with van der Waals surface area (Å²) in [5.74, 6) is 1.40. The standard InChI is InChI=1S/C28H35ClN6O3/c1-20(2)15-25-28(37)32-10-13-35-12-9-31-27(35)21-5-3-6-23(16-21)38-14-4-11-34(19-26(36)33-25)18-22-7-8-30-17-24(22)29/h3,5-9,12,16-17,20,25H,4,10-11,13-15,18-19H2,1-2H3,(H,32,37)(H,33,36)/t25-/m1/s1. The lowest BCUT2D eigenvalue weighted by molar-refractivity contribution is -0.130. The van der Waals surface area contributed by atoms with Gasteiger partial charge in [-0.2, -0.15) is 0 Å². The number of pyridine rings is 1. The van der Waals surface area contributed by atoms with Crippen molar-refractivity contribution in [1.29, 1.82) is 0 Å². The molecular weight excluding hydrogens is 504 g/mol. The van der Waals surface area contributed by atoms with Crippen LogP contribution in [0.2, 0.25) is 5.02 Å². The minimum absolute atomic E-state index is 0.133. The van der Waals surface area contributed by atoms with E-state index in [-0.39, 0.29) is 24.3 Å². The normalized spacial score (nSPS) is 18.1. The van der Waals surface area contributed by atoms with E-state index in [9.17, 15) is 9.59 Å². The van der Waals surface area contributed by atoms with Crippen molar-refractivity contribution in [3.8, 4) is 17.1 Å². The smallest absolute Gasteiger partial charge is 0.242 e. The molecule has 2 N–H and O–H groups in total. The van der Waals surface area contributed by atoms with E-state index in [0.717, 1.165) is 22.7 Å². The Bertz CT molecular complexity index is 1230. The van der Waals surface area contributed by atoms with Crippen molar-refractivity contribution in [2.45, 2.75) is 45.8 Å². The molecule has 1 atom stereocenters. The van der Waals surface area contributed by atoms with Crippen LogP contribution >= 0.6 is 11.6 Å². The van der Waals surface area contributed by atoms with E-state index in [0.29, 0.717) is 50.7 Å². The summed E-state index contributed by atoms with van der Waals surface area (Å²) in [6.07, 6.45) is 8.18. The summed E-state index contributed by atoms with van der Waals surface area (Å²) in [6, 6.07) is 9.08. The predicted molar refractivity (Wildman–Crippen MR) is 147 cm³/mol. The number of fused-ring (bicyclic) bond motifs is 4. The van der Waals surface area contributed by atoms with Gasteiger partial charge < -0.3 is 19.9 Å². The van der Waals surface area contributed by atoms with Gasteiger partial charge >= 0.3 is 0 Å². The zero-order valence-electron chi connectivity index (χ0n) is 21.9. The van der Waals surface area contributed by atoms with E-state index >= 15 is 0 Å². The molecule has 2 aromatic heterocycles. The van der Waals surface area contributed by atoms with E-state index in [1.807, 2.05) is 59.8 Å². The number of benzene rings is 1. The number of aromatic nitrogens is 3. The molecule has 202 valence electrons. The third-order valence-electron chi connectivity index (χ3n) is 6.32. The van der Waals surface area contributed by atoms with Gasteiger partial charge in [0, 0.05) is 56.5 Å². The first kappa shape index (κ1) is 27.6. The van der Waals surface area contributed by atoms with Crippen molar-refractivity contribution in [1.82, 2.24) is 30.1 Å². The number of amides is 2. The van der Waals surface area contributed by atoms with Crippen molar-refractivity contribution in [2.24, 2.45) is 5.92 Å². The van der Waals surface area contributed by atoms with Gasteiger partial charge in [-0.05, 0) is 42.5 Å². The Morgan fingerprint density at radius 2 is 2.05 bits per heavy atom. The molecule has 2 amide bonds. The molecule has 4 rings (SSSR count). The number of ether oxygens (including phenoxy) is 1. The highest BCUT2D eigenvalue weighted by Crippen LogP contribution is 2.23. The quantitative estimate of drug-likeness (QED) is 0.527. The molecule has 9 nitrogen and oxygen atoms in total. The maximum Gasteiger partial charge on any atom is 0.242 e. The Kier molecular flexibility index (Phi) is 9.73. The number of carbonyl (C=O) groups is 2. The molecule has 10 heteroatoms. The largest absolute Gasteiger partial charge is 0.494 e. The molecule has 3 heterocycles. The molecule has 0 saturated carbocycles. The van der Waals surface area contributed by atoms with Gasteiger partial charge in [0.2, 0.25) is 11.8 Å². The molecule has 1 aliphatic heterocycles. The predicted octanol–water partition coefficient (Wildman–Crippen LogP) is 3.53. The second kappa shape index (κ2) is 13.4. The molecule has 0 saturated heterocycles. The summed E-state index contributed by atoms with van der Waals surface area (Å²) in [7, 11) is 0. The van der Waals surface area contributed by atoms with Crippen LogP contribution in [-0.2, 0) is 22.7 Å². The van der Waals surface area contributed by atoms with Crippen molar-refractivity contribution < 1.29 is 14.3 Å². The Morgan fingerprint density at radius 3 is 2.87 bits per heavy atom. The molecule has 2 bridgehead atoms. The number of halogens is 1. The number of rotatable bonds is 4. The topological polar surface area (TPSA) is 101 Å². The molecule has 1 aromatic carbocycles. The van der Waals surface area contributed by atoms with Gasteiger partial charge in [0.05, 0.1) is 18.2 Å². The summed E-state index contributed by atoms with van der Waals surface area (Å²) in [5, 5.41) is 6.51. The van der Waals surface area contributed by atoms with E-state index in [1.165, 1.54) is 0 Å². The van der Waals surface area contributed by atoms with Crippen LogP contribution in [0.25, 0.3) is 11.4 Å². The van der Waals surface area contributed by atoms with Gasteiger partial charge in [-0.3, -0.25) is 19.5 Å². The van der Waals surface area contributed by atoms with Crippen LogP contribution in [0.3, 0.4) is 0 Å². The van der Waals surface area contributed by atoms with Crippen LogP contribution in [0, 0.1) is 5.92 Å². The Hall–Kier alpha value is -3.43. The zero-order valence-corrected chi connectivity index (χ0v) is 22.7. The molecule has 0 fully saturated rings. The lowest BCUT2D eigenvalue weighted by Crippen LogP contribution is -2.50. The number of hydrogen-bond acceptors (Lipinski definition) is 6. The molecule has 0 unspecified atom stereocenters. The maximum atomic E-state index is 13.1. The second-order valence-electron chi connectivity index (χ2n) is 9.89. The Balaban J connectivity index is 1.56. The fourth-order valence-corrected chi connectivity index (χ4v) is 4.69. The highest BCUT2D eigenvalue weighted by molar-refractivity contribution is 6.31. The molecule has 1 aliphatic rings. The van der Waals surface area contributed by atoms with Gasteiger partial charge in [0.15, 0.2) is 0 Å². The van der Waals surface area contributed by atoms with Gasteiger partial charge in [-0.15, -0.1) is 0 Å². The van der Waals surface area contributed by atoms with Gasteiger partial charge in [0.25, 0.3) is 0 Å².